The fourth-order valence-corrected chi connectivity index (χ4v) is 4.00. The van der Waals surface area contributed by atoms with Crippen LogP contribution in [0.3, 0.4) is 0 Å². The van der Waals surface area contributed by atoms with Gasteiger partial charge in [0.1, 0.15) is 0 Å². The number of rotatable bonds is 6. The molecular formula is C20H30N4O2. The molecule has 0 spiro atoms. The molecule has 0 aliphatic carbocycles. The van der Waals surface area contributed by atoms with Gasteiger partial charge in [0.25, 0.3) is 0 Å². The van der Waals surface area contributed by atoms with Crippen molar-refractivity contribution in [1.82, 2.24) is 20.4 Å². The molecule has 6 heteroatoms. The number of carbonyl (C=O) groups excluding carboxylic acids is 2. The average Bonchev–Trinajstić information content (AvgIpc) is 2.68. The van der Waals surface area contributed by atoms with Crippen molar-refractivity contribution in [2.24, 2.45) is 5.92 Å². The van der Waals surface area contributed by atoms with E-state index in [9.17, 15) is 9.59 Å². The lowest BCUT2D eigenvalue weighted by Crippen LogP contribution is -2.47. The van der Waals surface area contributed by atoms with Crippen molar-refractivity contribution in [2.45, 2.75) is 25.3 Å². The van der Waals surface area contributed by atoms with E-state index < -0.39 is 0 Å². The molecule has 2 aliphatic rings. The Bertz CT molecular complexity index is 601. The number of likely N-dealkylation sites (tertiary alicyclic amines) is 1. The Kier molecular flexibility index (Phi) is 6.63. The standard InChI is InChI=1S/C20H30N4O2/c1-23-18(25)9-8-17(19(23)16-6-3-2-4-7-16)20(26)22-10-5-13-24-14-11-21-12-15-24/h2-4,6-7,17,19,21H,5,8-15H2,1H3,(H,22,26). The Balaban J connectivity index is 1.55. The number of amides is 2. The largest absolute Gasteiger partial charge is 0.356 e. The van der Waals surface area contributed by atoms with Gasteiger partial charge in [-0.1, -0.05) is 30.3 Å². The minimum atomic E-state index is -0.181. The second-order valence-electron chi connectivity index (χ2n) is 7.24. The van der Waals surface area contributed by atoms with Crippen LogP contribution in [0.15, 0.2) is 30.3 Å². The second kappa shape index (κ2) is 9.14. The van der Waals surface area contributed by atoms with Gasteiger partial charge in [-0.3, -0.25) is 9.59 Å². The van der Waals surface area contributed by atoms with Crippen LogP contribution in [-0.4, -0.2) is 67.9 Å². The lowest BCUT2D eigenvalue weighted by Gasteiger charge is -2.38. The number of piperidine rings is 1. The third kappa shape index (κ3) is 4.62. The van der Waals surface area contributed by atoms with E-state index in [0.717, 1.165) is 44.7 Å². The number of nitrogens with one attached hydrogen (secondary N) is 2. The van der Waals surface area contributed by atoms with Crippen molar-refractivity contribution < 1.29 is 9.59 Å². The Morgan fingerprint density at radius 3 is 2.69 bits per heavy atom. The van der Waals surface area contributed by atoms with Crippen LogP contribution in [-0.2, 0) is 9.59 Å². The van der Waals surface area contributed by atoms with Gasteiger partial charge in [-0.25, -0.2) is 0 Å². The monoisotopic (exact) mass is 358 g/mol. The quantitative estimate of drug-likeness (QED) is 0.745. The molecule has 2 N–H and O–H groups in total. The minimum Gasteiger partial charge on any atom is -0.356 e. The predicted molar refractivity (Wildman–Crippen MR) is 102 cm³/mol. The first-order valence-electron chi connectivity index (χ1n) is 9.68. The molecule has 26 heavy (non-hydrogen) atoms. The molecular weight excluding hydrogens is 328 g/mol. The van der Waals surface area contributed by atoms with E-state index >= 15 is 0 Å². The lowest BCUT2D eigenvalue weighted by atomic mass is 9.84. The van der Waals surface area contributed by atoms with Gasteiger partial charge in [-0.05, 0) is 24.9 Å². The Morgan fingerprint density at radius 2 is 1.96 bits per heavy atom. The molecule has 0 aromatic heterocycles. The van der Waals surface area contributed by atoms with Crippen molar-refractivity contribution in [1.29, 1.82) is 0 Å². The molecule has 2 aliphatic heterocycles. The number of piperazine rings is 1. The SMILES string of the molecule is CN1C(=O)CCC(C(=O)NCCCN2CCNCC2)C1c1ccccc1. The van der Waals surface area contributed by atoms with Crippen LogP contribution in [0.25, 0.3) is 0 Å². The first-order chi connectivity index (χ1) is 12.7. The average molecular weight is 358 g/mol. The zero-order valence-corrected chi connectivity index (χ0v) is 15.6. The Hall–Kier alpha value is -1.92. The number of benzene rings is 1. The highest BCUT2D eigenvalue weighted by Crippen LogP contribution is 2.35. The molecule has 3 rings (SSSR count). The van der Waals surface area contributed by atoms with Crippen molar-refractivity contribution in [3.8, 4) is 0 Å². The summed E-state index contributed by atoms with van der Waals surface area (Å²) in [4.78, 5) is 29.2. The zero-order valence-electron chi connectivity index (χ0n) is 15.6. The summed E-state index contributed by atoms with van der Waals surface area (Å²) in [6, 6.07) is 9.72. The fourth-order valence-electron chi connectivity index (χ4n) is 4.00. The van der Waals surface area contributed by atoms with E-state index in [4.69, 9.17) is 0 Å². The maximum atomic E-state index is 12.8. The van der Waals surface area contributed by atoms with Crippen molar-refractivity contribution in [2.75, 3.05) is 46.3 Å². The van der Waals surface area contributed by atoms with Gasteiger partial charge >= 0.3 is 0 Å². The highest BCUT2D eigenvalue weighted by atomic mass is 16.2. The van der Waals surface area contributed by atoms with E-state index in [-0.39, 0.29) is 23.8 Å². The smallest absolute Gasteiger partial charge is 0.225 e. The van der Waals surface area contributed by atoms with Crippen molar-refractivity contribution in [3.63, 3.8) is 0 Å². The molecule has 2 amide bonds. The molecule has 2 saturated heterocycles. The van der Waals surface area contributed by atoms with Gasteiger partial charge in [0, 0.05) is 46.2 Å². The summed E-state index contributed by atoms with van der Waals surface area (Å²) < 4.78 is 0. The minimum absolute atomic E-state index is 0.0681. The van der Waals surface area contributed by atoms with Gasteiger partial charge < -0.3 is 20.4 Å². The molecule has 2 unspecified atom stereocenters. The summed E-state index contributed by atoms with van der Waals surface area (Å²) in [5.41, 5.74) is 1.03. The molecule has 0 radical (unpaired) electrons. The maximum Gasteiger partial charge on any atom is 0.225 e. The van der Waals surface area contributed by atoms with Gasteiger partial charge in [0.2, 0.25) is 11.8 Å². The first kappa shape index (κ1) is 18.9. The highest BCUT2D eigenvalue weighted by Gasteiger charge is 2.38. The molecule has 2 heterocycles. The van der Waals surface area contributed by atoms with Crippen LogP contribution in [0.2, 0.25) is 0 Å². The molecule has 1 aromatic carbocycles. The molecule has 2 fully saturated rings. The Labute approximate surface area is 155 Å². The Morgan fingerprint density at radius 1 is 1.23 bits per heavy atom. The van der Waals surface area contributed by atoms with E-state index in [1.54, 1.807) is 4.90 Å². The first-order valence-corrected chi connectivity index (χ1v) is 9.68. The maximum absolute atomic E-state index is 12.8. The summed E-state index contributed by atoms with van der Waals surface area (Å²) in [6.07, 6.45) is 2.02. The van der Waals surface area contributed by atoms with Crippen molar-refractivity contribution >= 4 is 11.8 Å². The van der Waals surface area contributed by atoms with Crippen LogP contribution in [0.1, 0.15) is 30.9 Å². The second-order valence-corrected chi connectivity index (χ2v) is 7.24. The van der Waals surface area contributed by atoms with E-state index in [1.165, 1.54) is 0 Å². The van der Waals surface area contributed by atoms with Crippen LogP contribution < -0.4 is 10.6 Å². The van der Waals surface area contributed by atoms with Gasteiger partial charge in [0.05, 0.1) is 12.0 Å². The summed E-state index contributed by atoms with van der Waals surface area (Å²) >= 11 is 0. The van der Waals surface area contributed by atoms with E-state index in [1.807, 2.05) is 37.4 Å². The molecule has 6 nitrogen and oxygen atoms in total. The van der Waals surface area contributed by atoms with Crippen LogP contribution in [0.5, 0.6) is 0 Å². The number of hydrogen-bond acceptors (Lipinski definition) is 4. The zero-order chi connectivity index (χ0) is 18.4. The van der Waals surface area contributed by atoms with Crippen LogP contribution in [0.4, 0.5) is 0 Å². The van der Waals surface area contributed by atoms with Crippen molar-refractivity contribution in [3.05, 3.63) is 35.9 Å². The third-order valence-electron chi connectivity index (χ3n) is 5.50. The fraction of sp³-hybridized carbons (Fsp3) is 0.600. The normalized spacial score (nSPS) is 24.5. The molecule has 2 atom stereocenters. The topological polar surface area (TPSA) is 64.7 Å². The highest BCUT2D eigenvalue weighted by molar-refractivity contribution is 5.84. The predicted octanol–water partition coefficient (Wildman–Crippen LogP) is 1.01. The molecule has 1 aromatic rings. The molecule has 142 valence electrons. The summed E-state index contributed by atoms with van der Waals surface area (Å²) in [5.74, 6) is -0.000545. The van der Waals surface area contributed by atoms with Gasteiger partial charge in [-0.2, -0.15) is 0 Å². The summed E-state index contributed by atoms with van der Waals surface area (Å²) in [7, 11) is 1.81. The van der Waals surface area contributed by atoms with E-state index in [2.05, 4.69) is 15.5 Å². The van der Waals surface area contributed by atoms with Gasteiger partial charge in [-0.15, -0.1) is 0 Å². The van der Waals surface area contributed by atoms with Crippen LogP contribution in [0, 0.1) is 5.92 Å². The van der Waals surface area contributed by atoms with E-state index in [0.29, 0.717) is 19.4 Å². The summed E-state index contributed by atoms with van der Waals surface area (Å²) in [5, 5.41) is 6.46. The number of carbonyl (C=O) groups is 2. The van der Waals surface area contributed by atoms with Gasteiger partial charge in [0.15, 0.2) is 0 Å². The van der Waals surface area contributed by atoms with Crippen LogP contribution >= 0.6 is 0 Å². The molecule has 0 bridgehead atoms. The third-order valence-corrected chi connectivity index (χ3v) is 5.50. The lowest BCUT2D eigenvalue weighted by molar-refractivity contribution is -0.141. The number of hydrogen-bond donors (Lipinski definition) is 2. The number of nitrogens with zero attached hydrogens (tertiary/aromatic N) is 2. The molecule has 0 saturated carbocycles. The summed E-state index contributed by atoms with van der Waals surface area (Å²) in [6.45, 7) is 5.98.